The molecule has 0 aliphatic rings. The first-order valence-electron chi connectivity index (χ1n) is 10.6. The summed E-state index contributed by atoms with van der Waals surface area (Å²) in [6.45, 7) is 11.5. The van der Waals surface area contributed by atoms with Gasteiger partial charge in [-0.3, -0.25) is 4.90 Å². The Kier molecular flexibility index (Phi) is 9.54. The first kappa shape index (κ1) is 24.9. The number of furan rings is 1. The number of benzene rings is 1. The molecule has 0 unspecified atom stereocenters. The van der Waals surface area contributed by atoms with Gasteiger partial charge in [-0.15, -0.1) is 0 Å². The zero-order valence-corrected chi connectivity index (χ0v) is 19.7. The van der Waals surface area contributed by atoms with Crippen molar-refractivity contribution in [3.63, 3.8) is 0 Å². The minimum absolute atomic E-state index is 0.0950. The summed E-state index contributed by atoms with van der Waals surface area (Å²) in [4.78, 5) is 7.17. The lowest BCUT2D eigenvalue weighted by Crippen LogP contribution is -2.45. The van der Waals surface area contributed by atoms with Crippen LogP contribution in [0.3, 0.4) is 0 Å². The Bertz CT molecular complexity index is 899. The third-order valence-corrected chi connectivity index (χ3v) is 5.83. The predicted molar refractivity (Wildman–Crippen MR) is 124 cm³/mol. The van der Waals surface area contributed by atoms with Crippen molar-refractivity contribution >= 4 is 16.0 Å². The fourth-order valence-electron chi connectivity index (χ4n) is 3.30. The molecule has 2 aromatic rings. The van der Waals surface area contributed by atoms with E-state index in [0.29, 0.717) is 31.1 Å². The number of nitrogens with two attached hydrogens (primary N) is 1. The highest BCUT2D eigenvalue weighted by molar-refractivity contribution is 7.89. The molecule has 0 amide bonds. The molecule has 172 valence electrons. The van der Waals surface area contributed by atoms with E-state index in [1.165, 1.54) is 12.1 Å². The number of nitrogens with zero attached hydrogens (tertiary/aromatic N) is 2. The largest absolute Gasteiger partial charge is 0.469 e. The molecule has 0 radical (unpaired) electrons. The van der Waals surface area contributed by atoms with Gasteiger partial charge in [-0.05, 0) is 57.5 Å². The van der Waals surface area contributed by atoms with Gasteiger partial charge in [-0.1, -0.05) is 12.1 Å². The Hall–Kier alpha value is -2.36. The molecule has 31 heavy (non-hydrogen) atoms. The van der Waals surface area contributed by atoms with Crippen LogP contribution in [0.5, 0.6) is 0 Å². The normalized spacial score (nSPS) is 12.7. The maximum Gasteiger partial charge on any atom is 0.238 e. The van der Waals surface area contributed by atoms with Crippen molar-refractivity contribution in [1.82, 2.24) is 15.5 Å². The number of hydrogen-bond acceptors (Lipinski definition) is 5. The first-order chi connectivity index (χ1) is 14.7. The lowest BCUT2D eigenvalue weighted by molar-refractivity contribution is 0.178. The average molecular weight is 450 g/mol. The van der Waals surface area contributed by atoms with Gasteiger partial charge in [0.25, 0.3) is 0 Å². The molecule has 0 saturated carbocycles. The van der Waals surface area contributed by atoms with Crippen molar-refractivity contribution in [3.05, 3.63) is 54.0 Å². The van der Waals surface area contributed by atoms with E-state index < -0.39 is 10.0 Å². The minimum atomic E-state index is -3.69. The first-order valence-corrected chi connectivity index (χ1v) is 12.1. The molecule has 2 rings (SSSR count). The van der Waals surface area contributed by atoms with Gasteiger partial charge in [0.2, 0.25) is 10.0 Å². The monoisotopic (exact) mass is 449 g/mol. The standard InChI is InChI=1S/C22H35N5O3S/c1-17(2)27(18(3)4)14-13-25-22(24-12-11-20-6-5-15-30-20)26-16-19-7-9-21(10-8-19)31(23,28)29/h5-10,15,17-18H,11-14,16H2,1-4H3,(H2,23,28,29)(H2,24,25,26). The van der Waals surface area contributed by atoms with E-state index in [1.807, 2.05) is 12.1 Å². The molecule has 0 aliphatic heterocycles. The quantitative estimate of drug-likeness (QED) is 0.358. The van der Waals surface area contributed by atoms with Gasteiger partial charge >= 0.3 is 0 Å². The Morgan fingerprint density at radius 3 is 2.26 bits per heavy atom. The molecule has 1 aromatic carbocycles. The summed E-state index contributed by atoms with van der Waals surface area (Å²) >= 11 is 0. The Morgan fingerprint density at radius 2 is 1.71 bits per heavy atom. The SMILES string of the molecule is CC(C)N(CCNC(=NCc1ccc(S(N)(=O)=O)cc1)NCCc1ccco1)C(C)C. The molecule has 0 spiro atoms. The summed E-state index contributed by atoms with van der Waals surface area (Å²) in [5.41, 5.74) is 0.894. The molecule has 0 saturated heterocycles. The maximum atomic E-state index is 11.4. The number of rotatable bonds is 11. The Morgan fingerprint density at radius 1 is 1.06 bits per heavy atom. The summed E-state index contributed by atoms with van der Waals surface area (Å²) < 4.78 is 28.2. The second-order valence-electron chi connectivity index (χ2n) is 7.96. The van der Waals surface area contributed by atoms with Gasteiger partial charge in [0.05, 0.1) is 17.7 Å². The van der Waals surface area contributed by atoms with Crippen LogP contribution in [0, 0.1) is 0 Å². The van der Waals surface area contributed by atoms with E-state index in [1.54, 1.807) is 18.4 Å². The molecule has 0 bridgehead atoms. The molecule has 8 nitrogen and oxygen atoms in total. The van der Waals surface area contributed by atoms with Crippen molar-refractivity contribution < 1.29 is 12.8 Å². The van der Waals surface area contributed by atoms with E-state index in [4.69, 9.17) is 9.56 Å². The summed E-state index contributed by atoms with van der Waals surface area (Å²) in [6.07, 6.45) is 2.42. The van der Waals surface area contributed by atoms with Crippen LogP contribution in [0.2, 0.25) is 0 Å². The zero-order valence-electron chi connectivity index (χ0n) is 18.8. The highest BCUT2D eigenvalue weighted by atomic mass is 32.2. The summed E-state index contributed by atoms with van der Waals surface area (Å²) in [5, 5.41) is 11.9. The van der Waals surface area contributed by atoms with E-state index in [-0.39, 0.29) is 4.90 Å². The van der Waals surface area contributed by atoms with E-state index in [2.05, 4.69) is 48.2 Å². The Labute approximate surface area is 186 Å². The topological polar surface area (TPSA) is 113 Å². The fraction of sp³-hybridized carbons (Fsp3) is 0.500. The number of sulfonamides is 1. The molecule has 1 heterocycles. The number of hydrogen-bond donors (Lipinski definition) is 3. The molecule has 1 aromatic heterocycles. The van der Waals surface area contributed by atoms with Gasteiger partial charge < -0.3 is 15.1 Å². The third-order valence-electron chi connectivity index (χ3n) is 4.90. The van der Waals surface area contributed by atoms with Crippen molar-refractivity contribution in [2.24, 2.45) is 10.1 Å². The molecule has 9 heteroatoms. The lowest BCUT2D eigenvalue weighted by Gasteiger charge is -2.30. The van der Waals surface area contributed by atoms with Gasteiger partial charge in [0, 0.05) is 38.1 Å². The number of primary sulfonamides is 1. The second kappa shape index (κ2) is 11.9. The summed E-state index contributed by atoms with van der Waals surface area (Å²) in [7, 11) is -3.69. The molecule has 0 fully saturated rings. The van der Waals surface area contributed by atoms with Crippen molar-refractivity contribution in [2.45, 2.75) is 57.6 Å². The zero-order chi connectivity index (χ0) is 22.9. The summed E-state index contributed by atoms with van der Waals surface area (Å²) in [6, 6.07) is 11.2. The average Bonchev–Trinajstić information content (AvgIpc) is 3.21. The Balaban J connectivity index is 1.99. The highest BCUT2D eigenvalue weighted by Crippen LogP contribution is 2.09. The fourth-order valence-corrected chi connectivity index (χ4v) is 3.82. The van der Waals surface area contributed by atoms with Gasteiger partial charge in [0.15, 0.2) is 5.96 Å². The molecular formula is C22H35N5O3S. The number of nitrogens with one attached hydrogen (secondary N) is 2. The summed E-state index contributed by atoms with van der Waals surface area (Å²) in [5.74, 6) is 1.62. The second-order valence-corrected chi connectivity index (χ2v) is 9.52. The van der Waals surface area contributed by atoms with E-state index >= 15 is 0 Å². The van der Waals surface area contributed by atoms with Crippen LogP contribution < -0.4 is 15.8 Å². The van der Waals surface area contributed by atoms with Gasteiger partial charge in [-0.2, -0.15) is 0 Å². The van der Waals surface area contributed by atoms with Crippen molar-refractivity contribution in [1.29, 1.82) is 0 Å². The third kappa shape index (κ3) is 8.72. The maximum absolute atomic E-state index is 11.4. The van der Waals surface area contributed by atoms with Gasteiger partial charge in [0.1, 0.15) is 5.76 Å². The number of aliphatic imine (C=N–C) groups is 1. The van der Waals surface area contributed by atoms with E-state index in [0.717, 1.165) is 30.8 Å². The number of guanidine groups is 1. The van der Waals surface area contributed by atoms with Crippen LogP contribution >= 0.6 is 0 Å². The van der Waals surface area contributed by atoms with Crippen molar-refractivity contribution in [2.75, 3.05) is 19.6 Å². The van der Waals surface area contributed by atoms with Crippen LogP contribution in [0.4, 0.5) is 0 Å². The molecule has 4 N–H and O–H groups in total. The van der Waals surface area contributed by atoms with Crippen molar-refractivity contribution in [3.8, 4) is 0 Å². The molecule has 0 aliphatic carbocycles. The molecule has 0 atom stereocenters. The van der Waals surface area contributed by atoms with Crippen LogP contribution in [-0.2, 0) is 23.0 Å². The lowest BCUT2D eigenvalue weighted by atomic mass is 10.2. The van der Waals surface area contributed by atoms with Gasteiger partial charge in [-0.25, -0.2) is 18.5 Å². The van der Waals surface area contributed by atoms with Crippen LogP contribution in [0.1, 0.15) is 39.0 Å². The van der Waals surface area contributed by atoms with Crippen LogP contribution in [-0.4, -0.2) is 51.0 Å². The van der Waals surface area contributed by atoms with E-state index in [9.17, 15) is 8.42 Å². The highest BCUT2D eigenvalue weighted by Gasteiger charge is 2.13. The minimum Gasteiger partial charge on any atom is -0.469 e. The predicted octanol–water partition coefficient (Wildman–Crippen LogP) is 2.32. The van der Waals surface area contributed by atoms with Crippen LogP contribution in [0.25, 0.3) is 0 Å². The smallest absolute Gasteiger partial charge is 0.238 e. The van der Waals surface area contributed by atoms with Crippen LogP contribution in [0.15, 0.2) is 57.0 Å². The molecular weight excluding hydrogens is 414 g/mol.